The number of sulfonamides is 1. The Labute approximate surface area is 179 Å². The van der Waals surface area contributed by atoms with Crippen LogP contribution in [0.15, 0.2) is 47.4 Å². The maximum atomic E-state index is 12.8. The molecule has 1 saturated carbocycles. The molecule has 10 heteroatoms. The molecule has 2 aromatic rings. The van der Waals surface area contributed by atoms with E-state index in [2.05, 4.69) is 20.0 Å². The van der Waals surface area contributed by atoms with Gasteiger partial charge in [-0.25, -0.2) is 23.1 Å². The van der Waals surface area contributed by atoms with Gasteiger partial charge in [0.05, 0.1) is 16.7 Å². The molecular weight excluding hydrogens is 420 g/mol. The van der Waals surface area contributed by atoms with E-state index >= 15 is 0 Å². The maximum Gasteiger partial charge on any atom is 0.307 e. The molecule has 3 N–H and O–H groups in total. The van der Waals surface area contributed by atoms with Crippen molar-refractivity contribution in [3.63, 3.8) is 0 Å². The number of carbonyl (C=O) groups excluding carboxylic acids is 1. The zero-order chi connectivity index (χ0) is 22.3. The topological polar surface area (TPSA) is 138 Å². The van der Waals surface area contributed by atoms with Crippen LogP contribution in [0, 0.1) is 37.5 Å². The minimum atomic E-state index is -3.91. The average molecular weight is 442 g/mol. The van der Waals surface area contributed by atoms with Crippen LogP contribution in [0.5, 0.6) is 0 Å². The van der Waals surface area contributed by atoms with Gasteiger partial charge in [0, 0.05) is 17.1 Å². The van der Waals surface area contributed by atoms with Crippen molar-refractivity contribution in [1.82, 2.24) is 9.97 Å². The van der Waals surface area contributed by atoms with E-state index in [-0.39, 0.29) is 28.6 Å². The minimum Gasteiger partial charge on any atom is -0.481 e. The summed E-state index contributed by atoms with van der Waals surface area (Å²) in [5.41, 5.74) is 1.67. The third kappa shape index (κ3) is 4.15. The van der Waals surface area contributed by atoms with Crippen LogP contribution in [-0.2, 0) is 19.6 Å². The summed E-state index contributed by atoms with van der Waals surface area (Å²) in [5.74, 6) is -2.95. The molecule has 1 aromatic heterocycles. The number of rotatable bonds is 6. The molecule has 31 heavy (non-hydrogen) atoms. The van der Waals surface area contributed by atoms with Gasteiger partial charge in [0.25, 0.3) is 10.0 Å². The lowest BCUT2D eigenvalue weighted by Crippen LogP contribution is -2.36. The lowest BCUT2D eigenvalue weighted by Gasteiger charge is -2.23. The van der Waals surface area contributed by atoms with Crippen LogP contribution in [0.4, 0.5) is 11.6 Å². The largest absolute Gasteiger partial charge is 0.481 e. The van der Waals surface area contributed by atoms with Crippen molar-refractivity contribution in [3.05, 3.63) is 53.9 Å². The van der Waals surface area contributed by atoms with Crippen molar-refractivity contribution in [2.45, 2.75) is 25.2 Å². The zero-order valence-electron chi connectivity index (χ0n) is 16.9. The minimum absolute atomic E-state index is 0.0143. The molecule has 2 aliphatic rings. The molecule has 4 atom stereocenters. The Morgan fingerprint density at radius 3 is 2.16 bits per heavy atom. The number of amides is 1. The molecule has 0 saturated heterocycles. The van der Waals surface area contributed by atoms with Crippen molar-refractivity contribution in [2.75, 3.05) is 10.0 Å². The normalized spacial score (nSPS) is 24.2. The van der Waals surface area contributed by atoms with Gasteiger partial charge >= 0.3 is 5.97 Å². The number of fused-ring (bicyclic) bond motifs is 2. The Balaban J connectivity index is 1.47. The highest BCUT2D eigenvalue weighted by Crippen LogP contribution is 2.48. The van der Waals surface area contributed by atoms with Gasteiger partial charge in [-0.15, -0.1) is 0 Å². The molecule has 9 nitrogen and oxygen atoms in total. The van der Waals surface area contributed by atoms with Crippen LogP contribution in [-0.4, -0.2) is 35.4 Å². The van der Waals surface area contributed by atoms with Gasteiger partial charge in [-0.2, -0.15) is 0 Å². The number of hydrogen-bond donors (Lipinski definition) is 3. The third-order valence-corrected chi connectivity index (χ3v) is 7.03. The first-order valence-electron chi connectivity index (χ1n) is 9.81. The first-order chi connectivity index (χ1) is 14.6. The molecule has 4 rings (SSSR count). The number of anilines is 2. The van der Waals surface area contributed by atoms with Gasteiger partial charge < -0.3 is 10.4 Å². The molecule has 1 heterocycles. The van der Waals surface area contributed by atoms with Gasteiger partial charge in [-0.05, 0) is 62.4 Å². The standard InChI is InChI=1S/C21H22N4O5S/c1-11-9-12(2)23-21(22-11)25-31(29,30)16-7-5-15(6-8-16)24-19(26)17-13-3-4-14(10-13)18(17)20(27)28/h3-9,13-14,17-18H,10H2,1-2H3,(H,24,26)(H,27,28)(H,22,23,25)/t13-,14+,17-,18+/m1/s1. The number of benzene rings is 1. The van der Waals surface area contributed by atoms with Crippen molar-refractivity contribution < 1.29 is 23.1 Å². The number of aliphatic carboxylic acids is 1. The fourth-order valence-electron chi connectivity index (χ4n) is 4.41. The smallest absolute Gasteiger partial charge is 0.307 e. The van der Waals surface area contributed by atoms with E-state index in [0.717, 1.165) is 0 Å². The quantitative estimate of drug-likeness (QED) is 0.584. The van der Waals surface area contributed by atoms with Crippen LogP contribution in [0.2, 0.25) is 0 Å². The predicted octanol–water partition coefficient (Wildman–Crippen LogP) is 2.36. The first-order valence-corrected chi connectivity index (χ1v) is 11.3. The van der Waals surface area contributed by atoms with Crippen LogP contribution in [0.3, 0.4) is 0 Å². The molecule has 1 aromatic carbocycles. The second-order valence-corrected chi connectivity index (χ2v) is 9.61. The van der Waals surface area contributed by atoms with Gasteiger partial charge in [0.1, 0.15) is 0 Å². The first kappa shape index (κ1) is 21.0. The molecule has 0 unspecified atom stereocenters. The highest BCUT2D eigenvalue weighted by molar-refractivity contribution is 7.92. The number of allylic oxidation sites excluding steroid dienone is 2. The fourth-order valence-corrected chi connectivity index (χ4v) is 5.35. The van der Waals surface area contributed by atoms with E-state index < -0.39 is 27.8 Å². The summed E-state index contributed by atoms with van der Waals surface area (Å²) in [6.07, 6.45) is 4.45. The molecule has 0 radical (unpaired) electrons. The number of aryl methyl sites for hydroxylation is 2. The Hall–Kier alpha value is -3.27. The van der Waals surface area contributed by atoms with E-state index in [1.54, 1.807) is 19.9 Å². The summed E-state index contributed by atoms with van der Waals surface area (Å²) in [6.45, 7) is 3.48. The second-order valence-electron chi connectivity index (χ2n) is 7.93. The number of nitrogens with zero attached hydrogens (tertiary/aromatic N) is 2. The van der Waals surface area contributed by atoms with Crippen LogP contribution in [0.1, 0.15) is 17.8 Å². The van der Waals surface area contributed by atoms with E-state index in [4.69, 9.17) is 0 Å². The highest BCUT2D eigenvalue weighted by Gasteiger charge is 2.51. The van der Waals surface area contributed by atoms with Gasteiger partial charge in [0.2, 0.25) is 11.9 Å². The Morgan fingerprint density at radius 1 is 1.00 bits per heavy atom. The molecule has 2 aliphatic carbocycles. The van der Waals surface area contributed by atoms with Crippen molar-refractivity contribution in [1.29, 1.82) is 0 Å². The Bertz CT molecular complexity index is 1160. The summed E-state index contributed by atoms with van der Waals surface area (Å²) >= 11 is 0. The summed E-state index contributed by atoms with van der Waals surface area (Å²) in [6, 6.07) is 7.38. The number of carboxylic acids is 1. The monoisotopic (exact) mass is 442 g/mol. The van der Waals surface area contributed by atoms with Gasteiger partial charge in [-0.1, -0.05) is 12.2 Å². The number of hydrogen-bond acceptors (Lipinski definition) is 6. The van der Waals surface area contributed by atoms with Crippen LogP contribution >= 0.6 is 0 Å². The number of nitrogens with one attached hydrogen (secondary N) is 2. The number of aromatic nitrogens is 2. The van der Waals surface area contributed by atoms with Crippen LogP contribution < -0.4 is 10.0 Å². The molecule has 0 spiro atoms. The lowest BCUT2D eigenvalue weighted by atomic mass is 9.82. The summed E-state index contributed by atoms with van der Waals surface area (Å²) in [5, 5.41) is 12.2. The van der Waals surface area contributed by atoms with Gasteiger partial charge in [0.15, 0.2) is 0 Å². The van der Waals surface area contributed by atoms with Crippen molar-refractivity contribution >= 4 is 33.5 Å². The van der Waals surface area contributed by atoms with E-state index in [0.29, 0.717) is 23.5 Å². The summed E-state index contributed by atoms with van der Waals surface area (Å²) < 4.78 is 27.6. The lowest BCUT2D eigenvalue weighted by molar-refractivity contribution is -0.146. The molecule has 162 valence electrons. The highest BCUT2D eigenvalue weighted by atomic mass is 32.2. The Kier molecular flexibility index (Phi) is 5.26. The molecule has 1 amide bonds. The average Bonchev–Trinajstić information content (AvgIpc) is 3.28. The second kappa shape index (κ2) is 7.77. The van der Waals surface area contributed by atoms with E-state index in [9.17, 15) is 23.1 Å². The number of carbonyl (C=O) groups is 2. The zero-order valence-corrected chi connectivity index (χ0v) is 17.8. The van der Waals surface area contributed by atoms with Crippen molar-refractivity contribution in [2.24, 2.45) is 23.7 Å². The fraction of sp³-hybridized carbons (Fsp3) is 0.333. The molecule has 2 bridgehead atoms. The molecule has 1 fully saturated rings. The molecule has 0 aliphatic heterocycles. The van der Waals surface area contributed by atoms with E-state index in [1.165, 1.54) is 24.3 Å². The predicted molar refractivity (Wildman–Crippen MR) is 113 cm³/mol. The number of carboxylic acid groups (broad SMARTS) is 1. The Morgan fingerprint density at radius 2 is 1.58 bits per heavy atom. The summed E-state index contributed by atoms with van der Waals surface area (Å²) in [4.78, 5) is 32.5. The maximum absolute atomic E-state index is 12.8. The van der Waals surface area contributed by atoms with Crippen LogP contribution in [0.25, 0.3) is 0 Å². The van der Waals surface area contributed by atoms with Crippen molar-refractivity contribution in [3.8, 4) is 0 Å². The SMILES string of the molecule is Cc1cc(C)nc(NS(=O)(=O)c2ccc(NC(=O)[C@H]3[C@@H](C(=O)O)[C@H]4C=C[C@@H]3C4)cc2)n1. The van der Waals surface area contributed by atoms with E-state index in [1.807, 2.05) is 12.2 Å². The molecular formula is C21H22N4O5S. The summed E-state index contributed by atoms with van der Waals surface area (Å²) in [7, 11) is -3.91. The van der Waals surface area contributed by atoms with Gasteiger partial charge in [-0.3, -0.25) is 9.59 Å². The third-order valence-electron chi connectivity index (χ3n) is 5.69.